The van der Waals surface area contributed by atoms with E-state index in [1.165, 1.54) is 16.8 Å². The number of nitro groups is 1. The van der Waals surface area contributed by atoms with Gasteiger partial charge in [0.25, 0.3) is 11.2 Å². The van der Waals surface area contributed by atoms with E-state index in [2.05, 4.69) is 5.10 Å². The Labute approximate surface area is 127 Å². The number of benzene rings is 1. The van der Waals surface area contributed by atoms with Crippen molar-refractivity contribution in [2.45, 2.75) is 32.9 Å². The fraction of sp³-hybridized carbons (Fsp3) is 0.333. The first-order valence-electron chi connectivity index (χ1n) is 7.01. The summed E-state index contributed by atoms with van der Waals surface area (Å²) in [6, 6.07) is 7.68. The molecule has 0 bridgehead atoms. The van der Waals surface area contributed by atoms with Crippen molar-refractivity contribution < 1.29 is 4.92 Å². The van der Waals surface area contributed by atoms with Crippen LogP contribution in [-0.4, -0.2) is 20.7 Å². The normalized spacial score (nSPS) is 12.1. The molecule has 1 heterocycles. The molecule has 0 aliphatic heterocycles. The van der Waals surface area contributed by atoms with Crippen LogP contribution in [-0.2, 0) is 6.54 Å². The predicted octanol–water partition coefficient (Wildman–Crippen LogP) is 1.86. The second-order valence-electron chi connectivity index (χ2n) is 5.17. The zero-order valence-electron chi connectivity index (χ0n) is 12.5. The monoisotopic (exact) mass is 302 g/mol. The molecule has 22 heavy (non-hydrogen) atoms. The Bertz CT molecular complexity index is 755. The maximum Gasteiger partial charge on any atom is 0.272 e. The molecule has 2 rings (SSSR count). The Balaban J connectivity index is 2.45. The quantitative estimate of drug-likeness (QED) is 0.670. The molecule has 1 aromatic carbocycles. The Morgan fingerprint density at radius 3 is 2.73 bits per heavy atom. The fourth-order valence-corrected chi connectivity index (χ4v) is 2.05. The van der Waals surface area contributed by atoms with Crippen LogP contribution in [0, 0.1) is 17.0 Å². The summed E-state index contributed by atoms with van der Waals surface area (Å²) in [7, 11) is 0. The highest BCUT2D eigenvalue weighted by Crippen LogP contribution is 2.25. The summed E-state index contributed by atoms with van der Waals surface area (Å²) >= 11 is 0. The van der Waals surface area contributed by atoms with Crippen molar-refractivity contribution >= 4 is 5.69 Å². The average molecular weight is 302 g/mol. The molecule has 0 aliphatic carbocycles. The van der Waals surface area contributed by atoms with Crippen LogP contribution in [0.15, 0.2) is 35.1 Å². The molecule has 116 valence electrons. The van der Waals surface area contributed by atoms with Gasteiger partial charge in [0.15, 0.2) is 0 Å². The summed E-state index contributed by atoms with van der Waals surface area (Å²) in [6.07, 6.45) is 0.731. The lowest BCUT2D eigenvalue weighted by molar-refractivity contribution is -0.385. The van der Waals surface area contributed by atoms with Gasteiger partial charge in [0.05, 0.1) is 17.2 Å². The third-order valence-corrected chi connectivity index (χ3v) is 3.50. The van der Waals surface area contributed by atoms with E-state index in [1.807, 2.05) is 6.92 Å². The third kappa shape index (κ3) is 3.37. The molecular formula is C15H18N4O3. The maximum absolute atomic E-state index is 11.8. The van der Waals surface area contributed by atoms with Crippen LogP contribution in [0.1, 0.15) is 18.9 Å². The molecule has 0 aliphatic rings. The molecule has 0 saturated heterocycles. The van der Waals surface area contributed by atoms with E-state index in [-0.39, 0.29) is 17.3 Å². The van der Waals surface area contributed by atoms with Crippen molar-refractivity contribution in [1.82, 2.24) is 9.78 Å². The van der Waals surface area contributed by atoms with E-state index in [0.29, 0.717) is 23.4 Å². The second kappa shape index (κ2) is 6.48. The standard InChI is InChI=1S/C15H18N4O3/c1-3-12(16)9-18-15(20)7-6-13(17-18)11-5-4-10(2)14(8-11)19(21)22/h4-8,12H,3,9,16H2,1-2H3. The van der Waals surface area contributed by atoms with Crippen LogP contribution in [0.5, 0.6) is 0 Å². The van der Waals surface area contributed by atoms with E-state index in [9.17, 15) is 14.9 Å². The van der Waals surface area contributed by atoms with E-state index < -0.39 is 4.92 Å². The molecule has 0 spiro atoms. The highest BCUT2D eigenvalue weighted by atomic mass is 16.6. The molecule has 7 heteroatoms. The summed E-state index contributed by atoms with van der Waals surface area (Å²) in [6.45, 7) is 3.93. The van der Waals surface area contributed by atoms with Gasteiger partial charge < -0.3 is 5.73 Å². The Morgan fingerprint density at radius 1 is 1.36 bits per heavy atom. The van der Waals surface area contributed by atoms with Gasteiger partial charge in [0.1, 0.15) is 0 Å². The van der Waals surface area contributed by atoms with Gasteiger partial charge in [-0.05, 0) is 19.4 Å². The lowest BCUT2D eigenvalue weighted by Crippen LogP contribution is -2.32. The van der Waals surface area contributed by atoms with E-state index in [1.54, 1.807) is 25.1 Å². The van der Waals surface area contributed by atoms with Gasteiger partial charge >= 0.3 is 0 Å². The maximum atomic E-state index is 11.8. The first-order valence-corrected chi connectivity index (χ1v) is 7.01. The van der Waals surface area contributed by atoms with Crippen LogP contribution in [0.25, 0.3) is 11.3 Å². The second-order valence-corrected chi connectivity index (χ2v) is 5.17. The molecule has 0 amide bonds. The number of aromatic nitrogens is 2. The molecule has 2 N–H and O–H groups in total. The Kier molecular flexibility index (Phi) is 4.67. The molecule has 0 fully saturated rings. The molecule has 0 radical (unpaired) electrons. The van der Waals surface area contributed by atoms with Gasteiger partial charge in [-0.3, -0.25) is 14.9 Å². The topological polar surface area (TPSA) is 104 Å². The highest BCUT2D eigenvalue weighted by molar-refractivity contribution is 5.63. The molecule has 1 unspecified atom stereocenters. The van der Waals surface area contributed by atoms with E-state index >= 15 is 0 Å². The number of rotatable bonds is 5. The third-order valence-electron chi connectivity index (χ3n) is 3.50. The summed E-state index contributed by atoms with van der Waals surface area (Å²) < 4.78 is 1.30. The van der Waals surface area contributed by atoms with Crippen LogP contribution < -0.4 is 11.3 Å². The number of hydrogen-bond donors (Lipinski definition) is 1. The summed E-state index contributed by atoms with van der Waals surface area (Å²) in [5.74, 6) is 0. The summed E-state index contributed by atoms with van der Waals surface area (Å²) in [4.78, 5) is 22.4. The Morgan fingerprint density at radius 2 is 2.09 bits per heavy atom. The van der Waals surface area contributed by atoms with Gasteiger partial charge in [-0.15, -0.1) is 0 Å². The predicted molar refractivity (Wildman–Crippen MR) is 83.6 cm³/mol. The van der Waals surface area contributed by atoms with Crippen molar-refractivity contribution in [2.24, 2.45) is 5.73 Å². The lowest BCUT2D eigenvalue weighted by Gasteiger charge is -2.11. The Hall–Kier alpha value is -2.54. The molecular weight excluding hydrogens is 284 g/mol. The lowest BCUT2D eigenvalue weighted by atomic mass is 10.1. The van der Waals surface area contributed by atoms with Crippen molar-refractivity contribution in [3.8, 4) is 11.3 Å². The average Bonchev–Trinajstić information content (AvgIpc) is 2.49. The van der Waals surface area contributed by atoms with Crippen LogP contribution in [0.2, 0.25) is 0 Å². The molecule has 7 nitrogen and oxygen atoms in total. The number of hydrogen-bond acceptors (Lipinski definition) is 5. The molecule has 0 saturated carbocycles. The number of aryl methyl sites for hydroxylation is 1. The molecule has 1 aromatic heterocycles. The van der Waals surface area contributed by atoms with Gasteiger partial charge in [-0.1, -0.05) is 19.1 Å². The highest BCUT2D eigenvalue weighted by Gasteiger charge is 2.13. The zero-order chi connectivity index (χ0) is 16.3. The molecule has 1 atom stereocenters. The minimum Gasteiger partial charge on any atom is -0.326 e. The fourth-order valence-electron chi connectivity index (χ4n) is 2.05. The number of nitrogens with two attached hydrogens (primary N) is 1. The van der Waals surface area contributed by atoms with Crippen molar-refractivity contribution in [3.05, 3.63) is 56.4 Å². The van der Waals surface area contributed by atoms with E-state index in [4.69, 9.17) is 5.73 Å². The van der Waals surface area contributed by atoms with Crippen molar-refractivity contribution in [3.63, 3.8) is 0 Å². The SMILES string of the molecule is CCC(N)Cn1nc(-c2ccc(C)c([N+](=O)[O-])c2)ccc1=O. The summed E-state index contributed by atoms with van der Waals surface area (Å²) in [5.41, 5.74) is 7.32. The van der Waals surface area contributed by atoms with E-state index in [0.717, 1.165) is 6.42 Å². The van der Waals surface area contributed by atoms with Gasteiger partial charge in [0.2, 0.25) is 0 Å². The molecule has 2 aromatic rings. The van der Waals surface area contributed by atoms with Crippen LogP contribution in [0.4, 0.5) is 5.69 Å². The minimum atomic E-state index is -0.429. The number of nitrogens with zero attached hydrogens (tertiary/aromatic N) is 3. The summed E-state index contributed by atoms with van der Waals surface area (Å²) in [5, 5.41) is 15.3. The largest absolute Gasteiger partial charge is 0.326 e. The first kappa shape index (κ1) is 15.8. The van der Waals surface area contributed by atoms with Crippen molar-refractivity contribution in [2.75, 3.05) is 0 Å². The van der Waals surface area contributed by atoms with Crippen LogP contribution in [0.3, 0.4) is 0 Å². The van der Waals surface area contributed by atoms with Gasteiger partial charge in [-0.2, -0.15) is 5.10 Å². The van der Waals surface area contributed by atoms with Crippen molar-refractivity contribution in [1.29, 1.82) is 0 Å². The van der Waals surface area contributed by atoms with Crippen LogP contribution >= 0.6 is 0 Å². The van der Waals surface area contributed by atoms with Gasteiger partial charge in [0, 0.05) is 29.3 Å². The minimum absolute atomic E-state index is 0.0299. The smallest absolute Gasteiger partial charge is 0.272 e. The first-order chi connectivity index (χ1) is 10.4. The number of nitro benzene ring substituents is 1. The van der Waals surface area contributed by atoms with Gasteiger partial charge in [-0.25, -0.2) is 4.68 Å². The zero-order valence-corrected chi connectivity index (χ0v) is 12.5.